The third-order valence-electron chi connectivity index (χ3n) is 6.10. The van der Waals surface area contributed by atoms with Gasteiger partial charge in [-0.3, -0.25) is 4.79 Å². The number of carbonyl (C=O) groups excluding carboxylic acids is 2. The van der Waals surface area contributed by atoms with Gasteiger partial charge in [0, 0.05) is 10.9 Å². The van der Waals surface area contributed by atoms with Crippen molar-refractivity contribution in [2.45, 2.75) is 129 Å². The molecule has 0 heterocycles. The summed E-state index contributed by atoms with van der Waals surface area (Å²) in [6.07, 6.45) is 22.6. The molecule has 0 spiro atoms. The molecule has 0 radical (unpaired) electrons. The van der Waals surface area contributed by atoms with Crippen molar-refractivity contribution in [1.29, 1.82) is 0 Å². The lowest BCUT2D eigenvalue weighted by molar-refractivity contribution is -0.138. The topological polar surface area (TPSA) is 43.4 Å². The van der Waals surface area contributed by atoms with Gasteiger partial charge >= 0.3 is 11.9 Å². The molecule has 0 bridgehead atoms. The lowest BCUT2D eigenvalue weighted by Crippen LogP contribution is -2.13. The van der Waals surface area contributed by atoms with Crippen LogP contribution in [-0.2, 0) is 9.53 Å². The van der Waals surface area contributed by atoms with Gasteiger partial charge in [-0.1, -0.05) is 126 Å². The zero-order valence-corrected chi connectivity index (χ0v) is 22.1. The zero-order chi connectivity index (χ0) is 23.4. The summed E-state index contributed by atoms with van der Waals surface area (Å²) in [7, 11) is 0. The minimum atomic E-state index is -0.549. The average molecular weight is 510 g/mol. The van der Waals surface area contributed by atoms with Gasteiger partial charge in [-0.15, -0.1) is 0 Å². The molecule has 1 aromatic rings. The molecule has 0 saturated heterocycles. The molecule has 4 heteroatoms. The molecule has 0 saturated carbocycles. The molecule has 0 amide bonds. The van der Waals surface area contributed by atoms with Crippen LogP contribution < -0.4 is 0 Å². The van der Waals surface area contributed by atoms with Crippen LogP contribution in [0.15, 0.2) is 22.7 Å². The van der Waals surface area contributed by atoms with Gasteiger partial charge in [-0.2, -0.15) is 0 Å². The number of ether oxygens (including phenoxy) is 1. The van der Waals surface area contributed by atoms with Crippen molar-refractivity contribution < 1.29 is 14.3 Å². The fourth-order valence-electron chi connectivity index (χ4n) is 4.06. The van der Waals surface area contributed by atoms with E-state index in [4.69, 9.17) is 4.74 Å². The van der Waals surface area contributed by atoms with Crippen molar-refractivity contribution >= 4 is 27.9 Å². The van der Waals surface area contributed by atoms with E-state index in [-0.39, 0.29) is 0 Å². The first-order valence-electron chi connectivity index (χ1n) is 13.1. The average Bonchev–Trinajstić information content (AvgIpc) is 2.75. The van der Waals surface area contributed by atoms with Gasteiger partial charge < -0.3 is 4.74 Å². The van der Waals surface area contributed by atoms with Crippen LogP contribution in [0, 0.1) is 6.92 Å². The van der Waals surface area contributed by atoms with Crippen LogP contribution >= 0.6 is 15.9 Å². The van der Waals surface area contributed by atoms with Gasteiger partial charge in [0.15, 0.2) is 0 Å². The van der Waals surface area contributed by atoms with E-state index < -0.39 is 11.9 Å². The number of halogens is 1. The Hall–Kier alpha value is -1.16. The number of aryl methyl sites for hydroxylation is 1. The van der Waals surface area contributed by atoms with Gasteiger partial charge in [-0.05, 0) is 37.1 Å². The Morgan fingerprint density at radius 3 is 1.59 bits per heavy atom. The smallest absolute Gasteiger partial charge is 0.346 e. The van der Waals surface area contributed by atoms with Crippen LogP contribution in [0.3, 0.4) is 0 Å². The molecular weight excluding hydrogens is 464 g/mol. The fraction of sp³-hybridized carbons (Fsp3) is 0.714. The Labute approximate surface area is 205 Å². The van der Waals surface area contributed by atoms with E-state index in [9.17, 15) is 9.59 Å². The maximum absolute atomic E-state index is 12.1. The molecule has 0 aliphatic heterocycles. The Morgan fingerprint density at radius 2 is 1.16 bits per heavy atom. The third-order valence-corrected chi connectivity index (χ3v) is 6.59. The molecule has 1 rings (SSSR count). The minimum Gasteiger partial charge on any atom is -0.389 e. The quantitative estimate of drug-likeness (QED) is 0.106. The highest BCUT2D eigenvalue weighted by atomic mass is 79.9. The van der Waals surface area contributed by atoms with E-state index in [0.717, 1.165) is 29.3 Å². The molecule has 0 aliphatic carbocycles. The van der Waals surface area contributed by atoms with Crippen LogP contribution in [0.5, 0.6) is 0 Å². The SMILES string of the molecule is CCCCCCCCCCCCCCCCCCCC(=O)OC(=O)c1ccc(Br)cc1C. The van der Waals surface area contributed by atoms with Crippen LogP contribution in [0.2, 0.25) is 0 Å². The molecule has 32 heavy (non-hydrogen) atoms. The maximum Gasteiger partial charge on any atom is 0.346 e. The van der Waals surface area contributed by atoms with Crippen LogP contribution in [0.4, 0.5) is 0 Å². The standard InChI is InChI=1S/C28H45BrO3/c1-3-4-5-6-7-8-9-10-11-12-13-14-15-16-17-18-19-20-27(30)32-28(31)26-22-21-25(29)23-24(26)2/h21-23H,3-20H2,1-2H3. The number of rotatable bonds is 19. The zero-order valence-electron chi connectivity index (χ0n) is 20.6. The minimum absolute atomic E-state index is 0.319. The number of hydrogen-bond acceptors (Lipinski definition) is 3. The van der Waals surface area contributed by atoms with E-state index in [2.05, 4.69) is 22.9 Å². The van der Waals surface area contributed by atoms with Gasteiger partial charge in [0.25, 0.3) is 0 Å². The molecule has 0 aromatic heterocycles. The number of benzene rings is 1. The number of unbranched alkanes of at least 4 members (excludes halogenated alkanes) is 16. The summed E-state index contributed by atoms with van der Waals surface area (Å²) in [4.78, 5) is 24.0. The molecular formula is C28H45BrO3. The molecule has 1 aromatic carbocycles. The first-order valence-corrected chi connectivity index (χ1v) is 13.8. The number of hydrogen-bond donors (Lipinski definition) is 0. The predicted molar refractivity (Wildman–Crippen MR) is 138 cm³/mol. The predicted octanol–water partition coefficient (Wildman–Crippen LogP) is 9.48. The number of esters is 2. The second-order valence-electron chi connectivity index (χ2n) is 9.13. The van der Waals surface area contributed by atoms with Crippen molar-refractivity contribution in [3.05, 3.63) is 33.8 Å². The van der Waals surface area contributed by atoms with Gasteiger partial charge in [0.2, 0.25) is 0 Å². The van der Waals surface area contributed by atoms with E-state index in [1.54, 1.807) is 12.1 Å². The van der Waals surface area contributed by atoms with E-state index in [0.29, 0.717) is 12.0 Å². The largest absolute Gasteiger partial charge is 0.389 e. The fourth-order valence-corrected chi connectivity index (χ4v) is 4.54. The van der Waals surface area contributed by atoms with E-state index in [1.165, 1.54) is 89.9 Å². The Morgan fingerprint density at radius 1 is 0.719 bits per heavy atom. The molecule has 0 N–H and O–H groups in total. The van der Waals surface area contributed by atoms with Crippen LogP contribution in [0.25, 0.3) is 0 Å². The molecule has 0 fully saturated rings. The summed E-state index contributed by atoms with van der Waals surface area (Å²) in [6.45, 7) is 4.11. The van der Waals surface area contributed by atoms with Gasteiger partial charge in [0.05, 0.1) is 5.56 Å². The molecule has 0 unspecified atom stereocenters. The highest BCUT2D eigenvalue weighted by molar-refractivity contribution is 9.10. The summed E-state index contributed by atoms with van der Waals surface area (Å²) >= 11 is 3.37. The van der Waals surface area contributed by atoms with Gasteiger partial charge in [-0.25, -0.2) is 4.79 Å². The normalized spacial score (nSPS) is 11.0. The second kappa shape index (κ2) is 19.3. The van der Waals surface area contributed by atoms with Crippen LogP contribution in [0.1, 0.15) is 138 Å². The summed E-state index contributed by atoms with van der Waals surface area (Å²) in [5.41, 5.74) is 1.25. The molecule has 3 nitrogen and oxygen atoms in total. The Kier molecular flexibility index (Phi) is 17.4. The third kappa shape index (κ3) is 14.8. The lowest BCUT2D eigenvalue weighted by atomic mass is 10.0. The monoisotopic (exact) mass is 508 g/mol. The van der Waals surface area contributed by atoms with Crippen molar-refractivity contribution in [3.8, 4) is 0 Å². The first kappa shape index (κ1) is 28.9. The van der Waals surface area contributed by atoms with Crippen LogP contribution in [-0.4, -0.2) is 11.9 Å². The second-order valence-corrected chi connectivity index (χ2v) is 10.0. The first-order chi connectivity index (χ1) is 15.5. The summed E-state index contributed by atoms with van der Waals surface area (Å²) in [5.74, 6) is -0.967. The van der Waals surface area contributed by atoms with Crippen molar-refractivity contribution in [2.75, 3.05) is 0 Å². The van der Waals surface area contributed by atoms with Crippen molar-refractivity contribution in [3.63, 3.8) is 0 Å². The summed E-state index contributed by atoms with van der Waals surface area (Å²) in [5, 5.41) is 0. The highest BCUT2D eigenvalue weighted by Crippen LogP contribution is 2.18. The molecule has 0 atom stereocenters. The molecule has 182 valence electrons. The van der Waals surface area contributed by atoms with Crippen molar-refractivity contribution in [1.82, 2.24) is 0 Å². The Balaban J connectivity index is 1.88. The maximum atomic E-state index is 12.1. The van der Waals surface area contributed by atoms with E-state index >= 15 is 0 Å². The Bertz CT molecular complexity index is 642. The van der Waals surface area contributed by atoms with E-state index in [1.807, 2.05) is 13.0 Å². The summed E-state index contributed by atoms with van der Waals surface area (Å²) < 4.78 is 5.90. The lowest BCUT2D eigenvalue weighted by Gasteiger charge is -2.06. The number of carbonyl (C=O) groups is 2. The van der Waals surface area contributed by atoms with Gasteiger partial charge in [0.1, 0.15) is 0 Å². The summed E-state index contributed by atoms with van der Waals surface area (Å²) in [6, 6.07) is 5.31. The van der Waals surface area contributed by atoms with Crippen molar-refractivity contribution in [2.24, 2.45) is 0 Å². The molecule has 0 aliphatic rings. The highest BCUT2D eigenvalue weighted by Gasteiger charge is 2.15.